The molecule has 0 saturated carbocycles. The van der Waals surface area contributed by atoms with Crippen molar-refractivity contribution in [2.24, 2.45) is 15.8 Å². The number of aromatic nitrogens is 1. The van der Waals surface area contributed by atoms with Crippen molar-refractivity contribution in [2.75, 3.05) is 13.6 Å². The Morgan fingerprint density at radius 2 is 1.47 bits per heavy atom. The number of ketones is 3. The van der Waals surface area contributed by atoms with Crippen molar-refractivity contribution in [2.45, 2.75) is 81.0 Å². The third-order valence-electron chi connectivity index (χ3n) is 7.75. The molecule has 4 rings (SSSR count). The van der Waals surface area contributed by atoms with Crippen molar-refractivity contribution >= 4 is 56.6 Å². The molecule has 0 amide bonds. The second kappa shape index (κ2) is 17.8. The molecule has 1 heterocycles. The van der Waals surface area contributed by atoms with E-state index in [4.69, 9.17) is 4.98 Å². The molecule has 0 spiro atoms. The fourth-order valence-electron chi connectivity index (χ4n) is 4.57. The lowest BCUT2D eigenvalue weighted by atomic mass is 9.87. The number of thiazole rings is 1. The van der Waals surface area contributed by atoms with Crippen LogP contribution in [0, 0.1) is 24.7 Å². The molecule has 1 atom stereocenters. The van der Waals surface area contributed by atoms with Gasteiger partial charge >= 0.3 is 0 Å². The minimum absolute atomic E-state index is 0. The summed E-state index contributed by atoms with van der Waals surface area (Å²) in [5, 5.41) is 0.959. The van der Waals surface area contributed by atoms with Gasteiger partial charge in [0.05, 0.1) is 27.6 Å². The van der Waals surface area contributed by atoms with Crippen LogP contribution in [0.2, 0.25) is 0 Å². The fraction of sp³-hybridized carbons (Fsp3) is 0.390. The van der Waals surface area contributed by atoms with Crippen LogP contribution in [0.4, 0.5) is 5.69 Å². The molecule has 0 fully saturated rings. The molecule has 0 aliphatic carbocycles. The van der Waals surface area contributed by atoms with Crippen LogP contribution in [-0.2, 0) is 11.2 Å². The molecule has 49 heavy (non-hydrogen) atoms. The quantitative estimate of drug-likeness (QED) is 0.0531. The normalized spacial score (nSPS) is 12.1. The van der Waals surface area contributed by atoms with Crippen LogP contribution in [0.15, 0.2) is 77.8 Å². The monoisotopic (exact) mass is 745 g/mol. The van der Waals surface area contributed by atoms with Gasteiger partial charge < -0.3 is 4.90 Å². The number of nitrogens with zero attached hydrogens (tertiary/aromatic N) is 3. The Labute approximate surface area is 306 Å². The predicted molar refractivity (Wildman–Crippen MR) is 211 cm³/mol. The smallest absolute Gasteiger partial charge is 0.183 e. The van der Waals surface area contributed by atoms with E-state index in [2.05, 4.69) is 58.7 Å². The maximum atomic E-state index is 13.2. The number of aliphatic imine (C=N–C) groups is 1. The lowest BCUT2D eigenvalue weighted by Gasteiger charge is -2.19. The zero-order chi connectivity index (χ0) is 35.8. The molecule has 1 aromatic heterocycles. The highest BCUT2D eigenvalue weighted by molar-refractivity contribution is 9.10. The Morgan fingerprint density at radius 1 is 0.898 bits per heavy atom. The average molecular weight is 747 g/mol. The van der Waals surface area contributed by atoms with E-state index in [0.29, 0.717) is 12.0 Å². The molecule has 6 nitrogen and oxygen atoms in total. The van der Waals surface area contributed by atoms with Crippen LogP contribution >= 0.6 is 27.3 Å². The highest BCUT2D eigenvalue weighted by Gasteiger charge is 2.33. The van der Waals surface area contributed by atoms with Crippen LogP contribution in [0.1, 0.15) is 97.6 Å². The van der Waals surface area contributed by atoms with Gasteiger partial charge in [0.2, 0.25) is 0 Å². The Hall–Kier alpha value is -3.75. The highest BCUT2D eigenvalue weighted by atomic mass is 79.9. The van der Waals surface area contributed by atoms with E-state index in [-0.39, 0.29) is 24.8 Å². The first-order valence-corrected chi connectivity index (χ1v) is 17.9. The van der Waals surface area contributed by atoms with Crippen LogP contribution in [0.5, 0.6) is 0 Å². The number of rotatable bonds is 10. The Bertz CT molecular complexity index is 1750. The summed E-state index contributed by atoms with van der Waals surface area (Å²) in [6.07, 6.45) is 2.58. The summed E-state index contributed by atoms with van der Waals surface area (Å²) >= 11 is 4.71. The van der Waals surface area contributed by atoms with Crippen molar-refractivity contribution in [1.82, 2.24) is 9.88 Å². The first-order chi connectivity index (χ1) is 22.4. The number of hydrogen-bond acceptors (Lipinski definition) is 6. The van der Waals surface area contributed by atoms with Gasteiger partial charge in [-0.15, -0.1) is 11.3 Å². The summed E-state index contributed by atoms with van der Waals surface area (Å²) in [5.74, 6) is -0.139. The topological polar surface area (TPSA) is 79.7 Å². The summed E-state index contributed by atoms with van der Waals surface area (Å²) in [6.45, 7) is 18.5. The second-order valence-electron chi connectivity index (χ2n) is 14.0. The van der Waals surface area contributed by atoms with Gasteiger partial charge in [-0.05, 0) is 43.5 Å². The first-order valence-electron chi connectivity index (χ1n) is 16.2. The van der Waals surface area contributed by atoms with Crippen molar-refractivity contribution in [3.05, 3.63) is 105 Å². The summed E-state index contributed by atoms with van der Waals surface area (Å²) in [6, 6.07) is 23.2. The molecule has 0 bridgehead atoms. The zero-order valence-electron chi connectivity index (χ0n) is 29.8. The molecule has 0 N–H and O–H groups in total. The van der Waals surface area contributed by atoms with Gasteiger partial charge in [0.1, 0.15) is 4.83 Å². The minimum Gasteiger partial charge on any atom is -0.366 e. The molecule has 1 unspecified atom stereocenters. The van der Waals surface area contributed by atoms with E-state index >= 15 is 0 Å². The Morgan fingerprint density at radius 3 is 2.00 bits per heavy atom. The van der Waals surface area contributed by atoms with Crippen LogP contribution in [-0.4, -0.2) is 52.0 Å². The van der Waals surface area contributed by atoms with E-state index < -0.39 is 15.7 Å². The predicted octanol–water partition coefficient (Wildman–Crippen LogP) is 10.7. The Kier molecular flexibility index (Phi) is 15.0. The maximum Gasteiger partial charge on any atom is 0.183 e. The van der Waals surface area contributed by atoms with Gasteiger partial charge in [-0.1, -0.05) is 132 Å². The number of alkyl halides is 1. The maximum absolute atomic E-state index is 13.2. The third kappa shape index (κ3) is 11.4. The fourth-order valence-corrected chi connectivity index (χ4v) is 6.78. The molecule has 0 aliphatic heterocycles. The Balaban J connectivity index is 0.000000414. The molecule has 262 valence electrons. The van der Waals surface area contributed by atoms with E-state index in [1.54, 1.807) is 24.3 Å². The molecule has 0 aliphatic rings. The van der Waals surface area contributed by atoms with Gasteiger partial charge in [-0.25, -0.2) is 9.98 Å². The van der Waals surface area contributed by atoms with Gasteiger partial charge in [0, 0.05) is 42.0 Å². The number of halogens is 1. The molecular formula is C41H52BrN3O3S. The van der Waals surface area contributed by atoms with E-state index in [1.165, 1.54) is 22.5 Å². The lowest BCUT2D eigenvalue weighted by Crippen LogP contribution is -2.34. The van der Waals surface area contributed by atoms with Crippen LogP contribution in [0.25, 0.3) is 11.3 Å². The van der Waals surface area contributed by atoms with Crippen LogP contribution < -0.4 is 0 Å². The van der Waals surface area contributed by atoms with Crippen LogP contribution in [0.3, 0.4) is 0 Å². The van der Waals surface area contributed by atoms with Gasteiger partial charge in [0.15, 0.2) is 17.3 Å². The summed E-state index contributed by atoms with van der Waals surface area (Å²) < 4.78 is 0. The van der Waals surface area contributed by atoms with Crippen molar-refractivity contribution < 1.29 is 14.4 Å². The standard InChI is InChI=1S/C27H33N3OS.C13H15BrO2.CH4/c1-8-30(7)17-28-22-15-18(2)21(14-19(22)3)16-23-29-24(20-12-10-9-11-13-20)25(32-23)26(31)27(4,5)6;1-13(2,3)12(16)10(14)11(15)9-7-5-4-6-8-9;/h9-15,17H,8,16H2,1-7H3;4-8,10H,1-3H3;1H4. The molecule has 0 radical (unpaired) electrons. The average Bonchev–Trinajstić information content (AvgIpc) is 3.47. The zero-order valence-corrected chi connectivity index (χ0v) is 32.3. The third-order valence-corrected chi connectivity index (χ3v) is 9.64. The number of carbonyl (C=O) groups is 3. The van der Waals surface area contributed by atoms with Crippen molar-refractivity contribution in [3.8, 4) is 11.3 Å². The largest absolute Gasteiger partial charge is 0.366 e. The van der Waals surface area contributed by atoms with E-state index in [0.717, 1.165) is 38.9 Å². The minimum atomic E-state index is -0.755. The summed E-state index contributed by atoms with van der Waals surface area (Å²) in [5.41, 5.74) is 5.89. The lowest BCUT2D eigenvalue weighted by molar-refractivity contribution is -0.124. The number of hydrogen-bond donors (Lipinski definition) is 0. The number of carbonyl (C=O) groups excluding carboxylic acids is 3. The molecular weight excluding hydrogens is 694 g/mol. The van der Waals surface area contributed by atoms with Crippen molar-refractivity contribution in [3.63, 3.8) is 0 Å². The van der Waals surface area contributed by atoms with Gasteiger partial charge in [-0.3, -0.25) is 14.4 Å². The first kappa shape index (κ1) is 41.4. The second-order valence-corrected chi connectivity index (χ2v) is 16.0. The number of Topliss-reactive ketones (excluding diaryl/α,β-unsaturated/α-hetero) is 3. The molecule has 8 heteroatoms. The van der Waals surface area contributed by atoms with Crippen molar-refractivity contribution in [1.29, 1.82) is 0 Å². The molecule has 3 aromatic carbocycles. The molecule has 0 saturated heterocycles. The molecule has 4 aromatic rings. The van der Waals surface area contributed by atoms with E-state index in [1.807, 2.05) is 91.3 Å². The summed E-state index contributed by atoms with van der Waals surface area (Å²) in [7, 11) is 2.02. The van der Waals surface area contributed by atoms with E-state index in [9.17, 15) is 14.4 Å². The highest BCUT2D eigenvalue weighted by Crippen LogP contribution is 2.35. The number of benzene rings is 3. The van der Waals surface area contributed by atoms with Gasteiger partial charge in [-0.2, -0.15) is 0 Å². The summed E-state index contributed by atoms with van der Waals surface area (Å²) in [4.78, 5) is 48.7. The number of aryl methyl sites for hydroxylation is 2. The van der Waals surface area contributed by atoms with Gasteiger partial charge in [0.25, 0.3) is 0 Å². The SMILES string of the molecule is C.CC(C)(C)C(=O)C(Br)C(=O)c1ccccc1.CCN(C)C=Nc1cc(C)c(Cc2nc(-c3ccccc3)c(C(=O)C(C)(C)C)s2)cc1C.